The maximum absolute atomic E-state index is 13.6. The largest absolute Gasteiger partial charge is 0.327 e. The van der Waals surface area contributed by atoms with Gasteiger partial charge in [0.25, 0.3) is 0 Å². The van der Waals surface area contributed by atoms with Crippen LogP contribution in [0.15, 0.2) is 18.2 Å². The molecule has 1 unspecified atom stereocenters. The lowest BCUT2D eigenvalue weighted by Gasteiger charge is -2.19. The van der Waals surface area contributed by atoms with Crippen LogP contribution in [0.25, 0.3) is 0 Å². The molecule has 3 heteroatoms. The van der Waals surface area contributed by atoms with E-state index in [9.17, 15) is 4.39 Å². The van der Waals surface area contributed by atoms with Gasteiger partial charge in [0.1, 0.15) is 5.82 Å². The lowest BCUT2D eigenvalue weighted by atomic mass is 9.92. The molecule has 1 aromatic carbocycles. The van der Waals surface area contributed by atoms with E-state index in [-0.39, 0.29) is 11.9 Å². The van der Waals surface area contributed by atoms with Crippen LogP contribution < -0.4 is 5.73 Å². The summed E-state index contributed by atoms with van der Waals surface area (Å²) in [5.41, 5.74) is 6.62. The summed E-state index contributed by atoms with van der Waals surface area (Å²) in [4.78, 5) is 0. The summed E-state index contributed by atoms with van der Waals surface area (Å²) in [6.45, 7) is 4.33. The topological polar surface area (TPSA) is 26.0 Å². The quantitative estimate of drug-likeness (QED) is 0.813. The Morgan fingerprint density at radius 1 is 1.29 bits per heavy atom. The Bertz CT molecular complexity index is 330. The smallest absolute Gasteiger partial charge is 0.127 e. The van der Waals surface area contributed by atoms with Crippen molar-refractivity contribution in [2.75, 3.05) is 0 Å². The molecule has 17 heavy (non-hydrogen) atoms. The summed E-state index contributed by atoms with van der Waals surface area (Å²) in [6.07, 6.45) is 3.68. The summed E-state index contributed by atoms with van der Waals surface area (Å²) in [5, 5.41) is 0.477. The highest BCUT2D eigenvalue weighted by molar-refractivity contribution is 6.31. The molecule has 0 aliphatic heterocycles. The molecule has 0 bridgehead atoms. The van der Waals surface area contributed by atoms with Gasteiger partial charge in [-0.05, 0) is 30.9 Å². The standard InChI is InChI=1S/C14H21ClFN/c1-3-10(4-2)8-11(17)9-12-13(15)6-5-7-14(12)16/h5-7,10-11H,3-4,8-9,17H2,1-2H3. The van der Waals surface area contributed by atoms with E-state index in [2.05, 4.69) is 13.8 Å². The Morgan fingerprint density at radius 3 is 2.47 bits per heavy atom. The summed E-state index contributed by atoms with van der Waals surface area (Å²) in [5.74, 6) is 0.369. The molecular weight excluding hydrogens is 237 g/mol. The molecule has 1 nitrogen and oxygen atoms in total. The zero-order chi connectivity index (χ0) is 12.8. The van der Waals surface area contributed by atoms with E-state index in [0.717, 1.165) is 19.3 Å². The van der Waals surface area contributed by atoms with Crippen molar-refractivity contribution in [3.05, 3.63) is 34.6 Å². The van der Waals surface area contributed by atoms with Crippen LogP contribution in [0.1, 0.15) is 38.7 Å². The van der Waals surface area contributed by atoms with Gasteiger partial charge < -0.3 is 5.73 Å². The van der Waals surface area contributed by atoms with Crippen molar-refractivity contribution >= 4 is 11.6 Å². The SMILES string of the molecule is CCC(CC)CC(N)Cc1c(F)cccc1Cl. The summed E-state index contributed by atoms with van der Waals surface area (Å²) < 4.78 is 13.6. The third-order valence-corrected chi connectivity index (χ3v) is 3.67. The molecule has 0 saturated heterocycles. The highest BCUT2D eigenvalue weighted by Gasteiger charge is 2.14. The number of halogens is 2. The second kappa shape index (κ2) is 6.97. The van der Waals surface area contributed by atoms with E-state index in [1.807, 2.05) is 0 Å². The number of benzene rings is 1. The van der Waals surface area contributed by atoms with Crippen LogP contribution in [0.3, 0.4) is 0 Å². The highest BCUT2D eigenvalue weighted by Crippen LogP contribution is 2.22. The minimum atomic E-state index is -0.252. The predicted molar refractivity (Wildman–Crippen MR) is 71.8 cm³/mol. The van der Waals surface area contributed by atoms with Crippen LogP contribution in [-0.4, -0.2) is 6.04 Å². The lowest BCUT2D eigenvalue weighted by molar-refractivity contribution is 0.405. The molecule has 1 rings (SSSR count). The average Bonchev–Trinajstić information content (AvgIpc) is 2.31. The Labute approximate surface area is 108 Å². The van der Waals surface area contributed by atoms with Gasteiger partial charge in [-0.1, -0.05) is 44.4 Å². The van der Waals surface area contributed by atoms with Crippen LogP contribution in [0.2, 0.25) is 5.02 Å². The first-order chi connectivity index (χ1) is 8.08. The third-order valence-electron chi connectivity index (χ3n) is 3.32. The summed E-state index contributed by atoms with van der Waals surface area (Å²) >= 11 is 5.98. The van der Waals surface area contributed by atoms with Crippen molar-refractivity contribution in [2.45, 2.75) is 45.6 Å². The Morgan fingerprint density at radius 2 is 1.94 bits per heavy atom. The van der Waals surface area contributed by atoms with Crippen LogP contribution in [0.4, 0.5) is 4.39 Å². The van der Waals surface area contributed by atoms with Crippen LogP contribution in [-0.2, 0) is 6.42 Å². The minimum Gasteiger partial charge on any atom is -0.327 e. The number of nitrogens with two attached hydrogens (primary N) is 1. The van der Waals surface area contributed by atoms with E-state index >= 15 is 0 Å². The molecule has 0 aliphatic rings. The molecule has 1 aromatic rings. The van der Waals surface area contributed by atoms with Crippen molar-refractivity contribution < 1.29 is 4.39 Å². The fourth-order valence-electron chi connectivity index (χ4n) is 2.12. The Hall–Kier alpha value is -0.600. The van der Waals surface area contributed by atoms with E-state index in [4.69, 9.17) is 17.3 Å². The summed E-state index contributed by atoms with van der Waals surface area (Å²) in [7, 11) is 0. The number of rotatable bonds is 6. The normalized spacial score (nSPS) is 13.1. The minimum absolute atomic E-state index is 0.0192. The molecular formula is C14H21ClFN. The van der Waals surface area contributed by atoms with Gasteiger partial charge in [0, 0.05) is 16.6 Å². The molecule has 0 amide bonds. The summed E-state index contributed by atoms with van der Waals surface area (Å²) in [6, 6.07) is 4.75. The monoisotopic (exact) mass is 257 g/mol. The first kappa shape index (κ1) is 14.5. The fraction of sp³-hybridized carbons (Fsp3) is 0.571. The van der Waals surface area contributed by atoms with Crippen molar-refractivity contribution in [3.8, 4) is 0 Å². The zero-order valence-electron chi connectivity index (χ0n) is 10.5. The van der Waals surface area contributed by atoms with Gasteiger partial charge in [-0.2, -0.15) is 0 Å². The van der Waals surface area contributed by atoms with Crippen molar-refractivity contribution in [1.82, 2.24) is 0 Å². The van der Waals surface area contributed by atoms with E-state index in [0.29, 0.717) is 22.9 Å². The van der Waals surface area contributed by atoms with Crippen molar-refractivity contribution in [1.29, 1.82) is 0 Å². The second-order valence-electron chi connectivity index (χ2n) is 4.58. The second-order valence-corrected chi connectivity index (χ2v) is 4.99. The molecule has 1 atom stereocenters. The first-order valence-electron chi connectivity index (χ1n) is 6.26. The van der Waals surface area contributed by atoms with Gasteiger partial charge in [0.2, 0.25) is 0 Å². The zero-order valence-corrected chi connectivity index (χ0v) is 11.3. The van der Waals surface area contributed by atoms with Crippen LogP contribution in [0, 0.1) is 11.7 Å². The first-order valence-corrected chi connectivity index (χ1v) is 6.64. The predicted octanol–water partition coefficient (Wildman–Crippen LogP) is 4.18. The molecule has 0 aliphatic carbocycles. The maximum Gasteiger partial charge on any atom is 0.127 e. The maximum atomic E-state index is 13.6. The highest BCUT2D eigenvalue weighted by atomic mass is 35.5. The van der Waals surface area contributed by atoms with Gasteiger partial charge in [-0.3, -0.25) is 0 Å². The molecule has 0 aromatic heterocycles. The molecule has 2 N–H and O–H groups in total. The number of hydrogen-bond acceptors (Lipinski definition) is 1. The van der Waals surface area contributed by atoms with Gasteiger partial charge in [-0.25, -0.2) is 4.39 Å². The van der Waals surface area contributed by atoms with Crippen molar-refractivity contribution in [2.24, 2.45) is 11.7 Å². The van der Waals surface area contributed by atoms with Crippen molar-refractivity contribution in [3.63, 3.8) is 0 Å². The molecule has 0 heterocycles. The van der Waals surface area contributed by atoms with E-state index in [1.54, 1.807) is 12.1 Å². The Kier molecular flexibility index (Phi) is 5.93. The van der Waals surface area contributed by atoms with Gasteiger partial charge in [-0.15, -0.1) is 0 Å². The Balaban J connectivity index is 2.64. The molecule has 0 fully saturated rings. The average molecular weight is 258 g/mol. The van der Waals surface area contributed by atoms with E-state index in [1.165, 1.54) is 6.07 Å². The van der Waals surface area contributed by atoms with E-state index < -0.39 is 0 Å². The third kappa shape index (κ3) is 4.29. The van der Waals surface area contributed by atoms with Crippen LogP contribution in [0.5, 0.6) is 0 Å². The molecule has 0 radical (unpaired) electrons. The lowest BCUT2D eigenvalue weighted by Crippen LogP contribution is -2.26. The van der Waals surface area contributed by atoms with Gasteiger partial charge >= 0.3 is 0 Å². The fourth-order valence-corrected chi connectivity index (χ4v) is 2.36. The molecule has 0 spiro atoms. The molecule has 0 saturated carbocycles. The van der Waals surface area contributed by atoms with Gasteiger partial charge in [0.15, 0.2) is 0 Å². The van der Waals surface area contributed by atoms with Gasteiger partial charge in [0.05, 0.1) is 0 Å². The number of hydrogen-bond donors (Lipinski definition) is 1. The molecule has 96 valence electrons. The van der Waals surface area contributed by atoms with Crippen LogP contribution >= 0.6 is 11.6 Å².